The Balaban J connectivity index is 4.57. The van der Waals surface area contributed by atoms with Gasteiger partial charge in [0.05, 0.1) is 13.2 Å². The third kappa shape index (κ3) is 5.17. The van der Waals surface area contributed by atoms with Crippen molar-refractivity contribution in [1.82, 2.24) is 4.90 Å². The van der Waals surface area contributed by atoms with Crippen molar-refractivity contribution in [2.24, 2.45) is 11.7 Å². The summed E-state index contributed by atoms with van der Waals surface area (Å²) < 4.78 is 4.57. The van der Waals surface area contributed by atoms with Crippen molar-refractivity contribution in [3.8, 4) is 0 Å². The number of nitrogens with zero attached hydrogens (tertiary/aromatic N) is 1. The number of methoxy groups -OCH3 is 1. The highest BCUT2D eigenvalue weighted by molar-refractivity contribution is 5.85. The van der Waals surface area contributed by atoms with Gasteiger partial charge in [0.1, 0.15) is 6.54 Å². The van der Waals surface area contributed by atoms with Crippen LogP contribution in [0.5, 0.6) is 0 Å². The first kappa shape index (κ1) is 15.9. The second kappa shape index (κ2) is 8.06. The molecule has 2 unspecified atom stereocenters. The molecule has 0 rings (SSSR count). The van der Waals surface area contributed by atoms with E-state index in [1.807, 2.05) is 20.8 Å². The molecule has 0 saturated carbocycles. The second-order valence-corrected chi connectivity index (χ2v) is 4.25. The molecule has 0 spiro atoms. The summed E-state index contributed by atoms with van der Waals surface area (Å²) in [6.07, 6.45) is 1.63. The molecular weight excluding hydrogens is 220 g/mol. The third-order valence-electron chi connectivity index (χ3n) is 2.89. The number of carbonyl (C=O) groups is 2. The number of ether oxygens (including phenoxy) is 1. The number of hydrogen-bond acceptors (Lipinski definition) is 4. The molecular formula is C12H24N2O3. The molecule has 0 bridgehead atoms. The molecule has 0 aromatic rings. The van der Waals surface area contributed by atoms with Gasteiger partial charge in [0, 0.05) is 6.54 Å². The Bertz CT molecular complexity index is 256. The lowest BCUT2D eigenvalue weighted by Gasteiger charge is -2.26. The molecule has 0 saturated heterocycles. The quantitative estimate of drug-likeness (QED) is 0.671. The van der Waals surface area contributed by atoms with E-state index in [4.69, 9.17) is 5.73 Å². The van der Waals surface area contributed by atoms with E-state index in [0.29, 0.717) is 6.54 Å². The van der Waals surface area contributed by atoms with E-state index in [1.165, 1.54) is 12.0 Å². The lowest BCUT2D eigenvalue weighted by atomic mass is 9.99. The van der Waals surface area contributed by atoms with Gasteiger partial charge < -0.3 is 15.4 Å². The van der Waals surface area contributed by atoms with Gasteiger partial charge in [0.25, 0.3) is 0 Å². The Morgan fingerprint density at radius 1 is 1.35 bits per heavy atom. The van der Waals surface area contributed by atoms with Crippen molar-refractivity contribution < 1.29 is 14.3 Å². The average molecular weight is 244 g/mol. The van der Waals surface area contributed by atoms with Gasteiger partial charge in [-0.05, 0) is 12.3 Å². The summed E-state index contributed by atoms with van der Waals surface area (Å²) >= 11 is 0. The predicted octanol–water partition coefficient (Wildman–Crippen LogP) is 0.771. The molecule has 5 nitrogen and oxygen atoms in total. The standard InChI is InChI=1S/C12H24N2O3/c1-5-7-14(8-10(15)17-4)12(16)11(13)9(3)6-2/h9,11H,5-8,13H2,1-4H3. The summed E-state index contributed by atoms with van der Waals surface area (Å²) in [7, 11) is 1.31. The normalized spacial score (nSPS) is 13.9. The molecule has 17 heavy (non-hydrogen) atoms. The number of nitrogens with two attached hydrogens (primary N) is 1. The van der Waals surface area contributed by atoms with Crippen molar-refractivity contribution in [2.45, 2.75) is 39.7 Å². The highest BCUT2D eigenvalue weighted by atomic mass is 16.5. The van der Waals surface area contributed by atoms with E-state index in [1.54, 1.807) is 0 Å². The monoisotopic (exact) mass is 244 g/mol. The Morgan fingerprint density at radius 2 is 1.94 bits per heavy atom. The van der Waals surface area contributed by atoms with Crippen LogP contribution in [0.1, 0.15) is 33.6 Å². The van der Waals surface area contributed by atoms with E-state index in [2.05, 4.69) is 4.74 Å². The van der Waals surface area contributed by atoms with E-state index >= 15 is 0 Å². The van der Waals surface area contributed by atoms with Crippen LogP contribution in [0.25, 0.3) is 0 Å². The number of carbonyl (C=O) groups excluding carboxylic acids is 2. The Morgan fingerprint density at radius 3 is 2.35 bits per heavy atom. The zero-order valence-corrected chi connectivity index (χ0v) is 11.2. The van der Waals surface area contributed by atoms with Crippen LogP contribution in [0.4, 0.5) is 0 Å². The van der Waals surface area contributed by atoms with Gasteiger partial charge in [0.2, 0.25) is 5.91 Å². The van der Waals surface area contributed by atoms with E-state index in [0.717, 1.165) is 12.8 Å². The fraction of sp³-hybridized carbons (Fsp3) is 0.833. The minimum absolute atomic E-state index is 0.0205. The van der Waals surface area contributed by atoms with Gasteiger partial charge >= 0.3 is 5.97 Å². The number of esters is 1. The zero-order chi connectivity index (χ0) is 13.4. The molecule has 0 fully saturated rings. The first-order chi connectivity index (χ1) is 7.97. The zero-order valence-electron chi connectivity index (χ0n) is 11.2. The molecule has 1 amide bonds. The van der Waals surface area contributed by atoms with E-state index in [-0.39, 0.29) is 18.4 Å². The molecule has 0 heterocycles. The molecule has 100 valence electrons. The largest absolute Gasteiger partial charge is 0.468 e. The number of amides is 1. The highest BCUT2D eigenvalue weighted by Crippen LogP contribution is 2.09. The summed E-state index contributed by atoms with van der Waals surface area (Å²) in [6.45, 7) is 6.38. The van der Waals surface area contributed by atoms with Gasteiger partial charge in [-0.15, -0.1) is 0 Å². The maximum atomic E-state index is 12.1. The predicted molar refractivity (Wildman–Crippen MR) is 66.3 cm³/mol. The molecule has 0 aliphatic heterocycles. The van der Waals surface area contributed by atoms with Crippen LogP contribution in [0.15, 0.2) is 0 Å². The fourth-order valence-corrected chi connectivity index (χ4v) is 1.47. The van der Waals surface area contributed by atoms with Crippen LogP contribution >= 0.6 is 0 Å². The summed E-state index contributed by atoms with van der Waals surface area (Å²) in [5.74, 6) is -0.478. The molecule has 2 atom stereocenters. The minimum Gasteiger partial charge on any atom is -0.468 e. The lowest BCUT2D eigenvalue weighted by molar-refractivity contribution is -0.147. The van der Waals surface area contributed by atoms with Gasteiger partial charge in [-0.3, -0.25) is 9.59 Å². The van der Waals surface area contributed by atoms with Crippen LogP contribution in [0.2, 0.25) is 0 Å². The Hall–Kier alpha value is -1.10. The first-order valence-corrected chi connectivity index (χ1v) is 6.09. The molecule has 0 radical (unpaired) electrons. The summed E-state index contributed by atoms with van der Waals surface area (Å²) in [5.41, 5.74) is 5.88. The smallest absolute Gasteiger partial charge is 0.325 e. The maximum Gasteiger partial charge on any atom is 0.325 e. The minimum atomic E-state index is -0.545. The van der Waals surface area contributed by atoms with Crippen molar-refractivity contribution in [2.75, 3.05) is 20.2 Å². The van der Waals surface area contributed by atoms with Crippen molar-refractivity contribution in [1.29, 1.82) is 0 Å². The number of rotatable bonds is 7. The molecule has 0 aliphatic carbocycles. The van der Waals surface area contributed by atoms with Gasteiger partial charge in [-0.2, -0.15) is 0 Å². The van der Waals surface area contributed by atoms with E-state index in [9.17, 15) is 9.59 Å². The summed E-state index contributed by atoms with van der Waals surface area (Å²) in [4.78, 5) is 24.8. The SMILES string of the molecule is CCCN(CC(=O)OC)C(=O)C(N)C(C)CC. The molecule has 2 N–H and O–H groups in total. The number of hydrogen-bond donors (Lipinski definition) is 1. The molecule has 0 aliphatic rings. The summed E-state index contributed by atoms with van der Waals surface area (Å²) in [5, 5.41) is 0. The van der Waals surface area contributed by atoms with Gasteiger partial charge in [0.15, 0.2) is 0 Å². The summed E-state index contributed by atoms with van der Waals surface area (Å²) in [6, 6.07) is -0.545. The first-order valence-electron chi connectivity index (χ1n) is 6.09. The van der Waals surface area contributed by atoms with Crippen LogP contribution in [-0.4, -0.2) is 43.0 Å². The van der Waals surface area contributed by atoms with Crippen molar-refractivity contribution in [3.05, 3.63) is 0 Å². The lowest BCUT2D eigenvalue weighted by Crippen LogP contribution is -2.49. The topological polar surface area (TPSA) is 72.6 Å². The van der Waals surface area contributed by atoms with Gasteiger partial charge in [-0.25, -0.2) is 0 Å². The maximum absolute atomic E-state index is 12.1. The van der Waals surface area contributed by atoms with Crippen molar-refractivity contribution in [3.63, 3.8) is 0 Å². The van der Waals surface area contributed by atoms with Crippen LogP contribution < -0.4 is 5.73 Å². The molecule has 0 aromatic carbocycles. The Labute approximate surface area is 103 Å². The molecule has 0 aromatic heterocycles. The van der Waals surface area contributed by atoms with Crippen molar-refractivity contribution >= 4 is 11.9 Å². The fourth-order valence-electron chi connectivity index (χ4n) is 1.47. The highest BCUT2D eigenvalue weighted by Gasteiger charge is 2.26. The van der Waals surface area contributed by atoms with Crippen LogP contribution in [0, 0.1) is 5.92 Å². The van der Waals surface area contributed by atoms with Gasteiger partial charge in [-0.1, -0.05) is 27.2 Å². The van der Waals surface area contributed by atoms with Crippen LogP contribution in [-0.2, 0) is 14.3 Å². The molecule has 5 heteroatoms. The second-order valence-electron chi connectivity index (χ2n) is 4.25. The van der Waals surface area contributed by atoms with Crippen LogP contribution in [0.3, 0.4) is 0 Å². The third-order valence-corrected chi connectivity index (χ3v) is 2.89. The Kier molecular flexibility index (Phi) is 7.54. The average Bonchev–Trinajstić information content (AvgIpc) is 2.35. The van der Waals surface area contributed by atoms with E-state index < -0.39 is 12.0 Å².